The van der Waals surface area contributed by atoms with Gasteiger partial charge < -0.3 is 10.6 Å². The van der Waals surface area contributed by atoms with Crippen LogP contribution in [0.5, 0.6) is 0 Å². The van der Waals surface area contributed by atoms with E-state index in [4.69, 9.17) is 0 Å². The topological polar surface area (TPSA) is 66.9 Å². The second kappa shape index (κ2) is 7.90. The van der Waals surface area contributed by atoms with Crippen molar-refractivity contribution in [1.82, 2.24) is 10.2 Å². The highest BCUT2D eigenvalue weighted by molar-refractivity contribution is 5.91. The molecule has 0 spiro atoms. The summed E-state index contributed by atoms with van der Waals surface area (Å²) in [7, 11) is 0. The van der Waals surface area contributed by atoms with Crippen LogP contribution in [-0.4, -0.2) is 22.1 Å². The number of anilines is 2. The predicted molar refractivity (Wildman–Crippen MR) is 96.0 cm³/mol. The van der Waals surface area contributed by atoms with Gasteiger partial charge in [-0.2, -0.15) is 0 Å². The highest BCUT2D eigenvalue weighted by atomic mass is 16.1. The lowest BCUT2D eigenvalue weighted by Crippen LogP contribution is -2.23. The van der Waals surface area contributed by atoms with Gasteiger partial charge in [-0.15, -0.1) is 10.2 Å². The number of amides is 1. The van der Waals surface area contributed by atoms with E-state index in [1.54, 1.807) is 6.07 Å². The van der Waals surface area contributed by atoms with Gasteiger partial charge in [-0.1, -0.05) is 49.1 Å². The van der Waals surface area contributed by atoms with E-state index in [9.17, 15) is 4.79 Å². The number of carbonyl (C=O) groups excluding carboxylic acids is 1. The Morgan fingerprint density at radius 3 is 2.33 bits per heavy atom. The van der Waals surface area contributed by atoms with Crippen LogP contribution >= 0.6 is 0 Å². The number of aromatic nitrogens is 2. The average molecular weight is 324 g/mol. The molecule has 0 saturated heterocycles. The fourth-order valence-corrected chi connectivity index (χ4v) is 3.01. The Bertz CT molecular complexity index is 661. The molecule has 0 radical (unpaired) electrons. The monoisotopic (exact) mass is 324 g/mol. The molecule has 5 nitrogen and oxygen atoms in total. The molecule has 1 amide bonds. The Labute approximate surface area is 142 Å². The van der Waals surface area contributed by atoms with Gasteiger partial charge in [0, 0.05) is 6.04 Å². The molecule has 1 heterocycles. The Hall–Kier alpha value is -2.43. The normalized spacial score (nSPS) is 15.0. The molecule has 0 unspecified atom stereocenters. The zero-order valence-corrected chi connectivity index (χ0v) is 14.1. The number of rotatable bonds is 5. The maximum Gasteiger partial charge on any atom is 0.229 e. The van der Waals surface area contributed by atoms with E-state index in [1.807, 2.05) is 37.3 Å². The van der Waals surface area contributed by atoms with Crippen molar-refractivity contribution in [1.29, 1.82) is 0 Å². The summed E-state index contributed by atoms with van der Waals surface area (Å²) in [6.45, 7) is 2.03. The molecule has 1 aliphatic carbocycles. The molecule has 126 valence electrons. The van der Waals surface area contributed by atoms with Crippen molar-refractivity contribution in [3.05, 3.63) is 47.5 Å². The molecule has 1 aliphatic rings. The van der Waals surface area contributed by atoms with E-state index in [-0.39, 0.29) is 5.91 Å². The zero-order valence-electron chi connectivity index (χ0n) is 14.1. The predicted octanol–water partition coefficient (Wildman–Crippen LogP) is 3.71. The maximum atomic E-state index is 12.1. The van der Waals surface area contributed by atoms with Crippen molar-refractivity contribution >= 4 is 17.5 Å². The van der Waals surface area contributed by atoms with E-state index in [1.165, 1.54) is 37.7 Å². The summed E-state index contributed by atoms with van der Waals surface area (Å²) in [4.78, 5) is 12.1. The van der Waals surface area contributed by atoms with Gasteiger partial charge in [0.1, 0.15) is 5.82 Å². The van der Waals surface area contributed by atoms with E-state index >= 15 is 0 Å². The Balaban J connectivity index is 1.51. The van der Waals surface area contributed by atoms with Crippen LogP contribution in [0.25, 0.3) is 0 Å². The number of carbonyl (C=O) groups is 1. The molecule has 1 saturated carbocycles. The lowest BCUT2D eigenvalue weighted by molar-refractivity contribution is -0.115. The van der Waals surface area contributed by atoms with Crippen LogP contribution in [0.2, 0.25) is 0 Å². The maximum absolute atomic E-state index is 12.1. The summed E-state index contributed by atoms with van der Waals surface area (Å²) >= 11 is 0. The average Bonchev–Trinajstić information content (AvgIpc) is 2.60. The molecule has 0 atom stereocenters. The summed E-state index contributed by atoms with van der Waals surface area (Å²) in [5.41, 5.74) is 2.17. The van der Waals surface area contributed by atoms with E-state index in [0.717, 1.165) is 11.4 Å². The molecule has 0 bridgehead atoms. The minimum Gasteiger partial charge on any atom is -0.366 e. The van der Waals surface area contributed by atoms with E-state index in [2.05, 4.69) is 20.8 Å². The molecule has 0 aliphatic heterocycles. The minimum atomic E-state index is -0.0823. The largest absolute Gasteiger partial charge is 0.366 e. The van der Waals surface area contributed by atoms with Crippen molar-refractivity contribution in [3.63, 3.8) is 0 Å². The van der Waals surface area contributed by atoms with Crippen LogP contribution in [0.15, 0.2) is 36.4 Å². The fourth-order valence-electron chi connectivity index (χ4n) is 3.01. The van der Waals surface area contributed by atoms with Gasteiger partial charge in [0.05, 0.1) is 6.42 Å². The van der Waals surface area contributed by atoms with Crippen molar-refractivity contribution in [2.45, 2.75) is 51.5 Å². The lowest BCUT2D eigenvalue weighted by Gasteiger charge is -2.22. The minimum absolute atomic E-state index is 0.0823. The van der Waals surface area contributed by atoms with Crippen LogP contribution in [0, 0.1) is 6.92 Å². The number of aryl methyl sites for hydroxylation is 1. The molecular weight excluding hydrogens is 300 g/mol. The first-order valence-electron chi connectivity index (χ1n) is 8.65. The molecule has 1 aromatic heterocycles. The van der Waals surface area contributed by atoms with Gasteiger partial charge in [-0.05, 0) is 37.5 Å². The SMILES string of the molecule is Cc1ccc(CC(=O)Nc2ccc(NC3CCCCC3)nn2)cc1. The summed E-state index contributed by atoms with van der Waals surface area (Å²) in [6, 6.07) is 12.1. The second-order valence-electron chi connectivity index (χ2n) is 6.49. The Morgan fingerprint density at radius 2 is 1.67 bits per heavy atom. The van der Waals surface area contributed by atoms with Crippen LogP contribution in [0.4, 0.5) is 11.6 Å². The molecule has 2 N–H and O–H groups in total. The van der Waals surface area contributed by atoms with Gasteiger partial charge in [0.2, 0.25) is 5.91 Å². The summed E-state index contributed by atoms with van der Waals surface area (Å²) in [5, 5.41) is 14.5. The van der Waals surface area contributed by atoms with Gasteiger partial charge in [-0.3, -0.25) is 4.79 Å². The van der Waals surface area contributed by atoms with E-state index < -0.39 is 0 Å². The lowest BCUT2D eigenvalue weighted by atomic mass is 9.95. The molecular formula is C19H24N4O. The molecule has 3 rings (SSSR count). The quantitative estimate of drug-likeness (QED) is 0.880. The molecule has 2 aromatic rings. The first kappa shape index (κ1) is 16.4. The molecule has 5 heteroatoms. The molecule has 24 heavy (non-hydrogen) atoms. The fraction of sp³-hybridized carbons (Fsp3) is 0.421. The van der Waals surface area contributed by atoms with Crippen molar-refractivity contribution in [2.75, 3.05) is 10.6 Å². The number of hydrogen-bond acceptors (Lipinski definition) is 4. The number of nitrogens with one attached hydrogen (secondary N) is 2. The van der Waals surface area contributed by atoms with E-state index in [0.29, 0.717) is 18.3 Å². The third kappa shape index (κ3) is 4.78. The number of benzene rings is 1. The summed E-state index contributed by atoms with van der Waals surface area (Å²) in [5.74, 6) is 1.18. The molecule has 1 aromatic carbocycles. The Kier molecular flexibility index (Phi) is 5.41. The zero-order chi connectivity index (χ0) is 16.8. The van der Waals surface area contributed by atoms with Gasteiger partial charge in [0.25, 0.3) is 0 Å². The third-order valence-electron chi connectivity index (χ3n) is 4.37. The van der Waals surface area contributed by atoms with Crippen LogP contribution in [0.1, 0.15) is 43.2 Å². The number of nitrogens with zero attached hydrogens (tertiary/aromatic N) is 2. The first-order chi connectivity index (χ1) is 11.7. The standard InChI is InChI=1S/C19H24N4O/c1-14-7-9-15(10-8-14)13-19(24)21-18-12-11-17(22-23-18)20-16-5-3-2-4-6-16/h7-12,16H,2-6,13H2,1H3,(H,20,22)(H,21,23,24). The van der Waals surface area contributed by atoms with Crippen molar-refractivity contribution in [2.24, 2.45) is 0 Å². The smallest absolute Gasteiger partial charge is 0.229 e. The Morgan fingerprint density at radius 1 is 1.00 bits per heavy atom. The first-order valence-corrected chi connectivity index (χ1v) is 8.65. The highest BCUT2D eigenvalue weighted by Gasteiger charge is 2.13. The third-order valence-corrected chi connectivity index (χ3v) is 4.37. The number of hydrogen-bond donors (Lipinski definition) is 2. The van der Waals surface area contributed by atoms with Crippen LogP contribution in [-0.2, 0) is 11.2 Å². The second-order valence-corrected chi connectivity index (χ2v) is 6.49. The van der Waals surface area contributed by atoms with Crippen molar-refractivity contribution in [3.8, 4) is 0 Å². The highest BCUT2D eigenvalue weighted by Crippen LogP contribution is 2.20. The summed E-state index contributed by atoms with van der Waals surface area (Å²) in [6.07, 6.45) is 6.60. The van der Waals surface area contributed by atoms with Gasteiger partial charge >= 0.3 is 0 Å². The van der Waals surface area contributed by atoms with Crippen LogP contribution < -0.4 is 10.6 Å². The van der Waals surface area contributed by atoms with Crippen molar-refractivity contribution < 1.29 is 4.79 Å². The van der Waals surface area contributed by atoms with Gasteiger partial charge in [0.15, 0.2) is 5.82 Å². The molecule has 1 fully saturated rings. The van der Waals surface area contributed by atoms with Crippen LogP contribution in [0.3, 0.4) is 0 Å². The summed E-state index contributed by atoms with van der Waals surface area (Å²) < 4.78 is 0. The van der Waals surface area contributed by atoms with Gasteiger partial charge in [-0.25, -0.2) is 0 Å².